The minimum atomic E-state index is -1.57. The minimum absolute atomic E-state index is 0.338. The SMILES string of the molecule is C[C@H]1[NH2+]C2(C(=O)c3ccccc3C2=O)[C@@H]2C(=O)N(c3ccccc3)C(=O)[C@H]21. The first-order valence-electron chi connectivity index (χ1n) is 8.96. The summed E-state index contributed by atoms with van der Waals surface area (Å²) in [5.41, 5.74) is -0.418. The number of nitrogens with zero attached hydrogens (tertiary/aromatic N) is 1. The van der Waals surface area contributed by atoms with Crippen LogP contribution >= 0.6 is 0 Å². The van der Waals surface area contributed by atoms with Gasteiger partial charge in [-0.15, -0.1) is 0 Å². The van der Waals surface area contributed by atoms with Gasteiger partial charge in [0.25, 0.3) is 0 Å². The van der Waals surface area contributed by atoms with Gasteiger partial charge in [-0.2, -0.15) is 0 Å². The first-order chi connectivity index (χ1) is 13.0. The molecular weight excluding hydrogens is 344 g/mol. The molecule has 0 radical (unpaired) electrons. The number of rotatable bonds is 1. The van der Waals surface area contributed by atoms with Crippen LogP contribution < -0.4 is 10.2 Å². The molecule has 6 heteroatoms. The first-order valence-corrected chi connectivity index (χ1v) is 8.96. The highest BCUT2D eigenvalue weighted by molar-refractivity contribution is 6.36. The van der Waals surface area contributed by atoms with Gasteiger partial charge in [0.15, 0.2) is 0 Å². The van der Waals surface area contributed by atoms with Crippen molar-refractivity contribution in [2.24, 2.45) is 11.8 Å². The number of Topliss-reactive ketones (excluding diaryl/α,β-unsaturated/α-hetero) is 2. The van der Waals surface area contributed by atoms with E-state index in [0.29, 0.717) is 16.8 Å². The number of amides is 2. The van der Waals surface area contributed by atoms with Gasteiger partial charge in [0.05, 0.1) is 11.7 Å². The van der Waals surface area contributed by atoms with E-state index in [4.69, 9.17) is 0 Å². The van der Waals surface area contributed by atoms with Crippen molar-refractivity contribution in [3.63, 3.8) is 0 Å². The third-order valence-electron chi connectivity index (χ3n) is 6.12. The van der Waals surface area contributed by atoms with Crippen molar-refractivity contribution in [3.05, 3.63) is 65.7 Å². The number of quaternary nitrogens is 1. The van der Waals surface area contributed by atoms with Crippen LogP contribution in [0.2, 0.25) is 0 Å². The van der Waals surface area contributed by atoms with Crippen molar-refractivity contribution >= 4 is 29.1 Å². The second kappa shape index (κ2) is 5.20. The van der Waals surface area contributed by atoms with Crippen LogP contribution in [0.5, 0.6) is 0 Å². The van der Waals surface area contributed by atoms with E-state index in [-0.39, 0.29) is 23.5 Å². The van der Waals surface area contributed by atoms with Crippen molar-refractivity contribution in [1.29, 1.82) is 0 Å². The molecule has 1 spiro atoms. The number of hydrogen-bond donors (Lipinski definition) is 1. The summed E-state index contributed by atoms with van der Waals surface area (Å²) in [5, 5.41) is 1.64. The Bertz CT molecular complexity index is 994. The lowest BCUT2D eigenvalue weighted by atomic mass is 9.77. The van der Waals surface area contributed by atoms with E-state index >= 15 is 0 Å². The maximum absolute atomic E-state index is 13.3. The number of benzene rings is 2. The van der Waals surface area contributed by atoms with E-state index in [2.05, 4.69) is 0 Å². The van der Waals surface area contributed by atoms with Gasteiger partial charge < -0.3 is 5.32 Å². The molecule has 0 saturated carbocycles. The number of carbonyl (C=O) groups is 4. The molecule has 3 atom stereocenters. The Morgan fingerprint density at radius 2 is 1.37 bits per heavy atom. The Morgan fingerprint density at radius 3 is 1.96 bits per heavy atom. The van der Waals surface area contributed by atoms with Crippen molar-refractivity contribution in [3.8, 4) is 0 Å². The molecule has 134 valence electrons. The molecule has 3 aliphatic rings. The third kappa shape index (κ3) is 1.78. The van der Waals surface area contributed by atoms with Crippen LogP contribution in [0.25, 0.3) is 0 Å². The van der Waals surface area contributed by atoms with Crippen LogP contribution in [-0.2, 0) is 9.59 Å². The van der Waals surface area contributed by atoms with Crippen LogP contribution in [0.3, 0.4) is 0 Å². The summed E-state index contributed by atoms with van der Waals surface area (Å²) < 4.78 is 0. The molecule has 2 heterocycles. The lowest BCUT2D eigenvalue weighted by Gasteiger charge is -2.24. The number of para-hydroxylation sites is 1. The Labute approximate surface area is 155 Å². The van der Waals surface area contributed by atoms with Gasteiger partial charge in [0, 0.05) is 11.1 Å². The third-order valence-corrected chi connectivity index (χ3v) is 6.12. The molecule has 0 bridgehead atoms. The van der Waals surface area contributed by atoms with Gasteiger partial charge in [0.2, 0.25) is 28.9 Å². The molecule has 2 amide bonds. The molecule has 2 aliphatic heterocycles. The summed E-state index contributed by atoms with van der Waals surface area (Å²) in [5.74, 6) is -3.20. The molecule has 0 aromatic heterocycles. The van der Waals surface area contributed by atoms with Crippen LogP contribution in [0.4, 0.5) is 5.69 Å². The van der Waals surface area contributed by atoms with E-state index in [1.165, 1.54) is 0 Å². The zero-order valence-corrected chi connectivity index (χ0v) is 14.6. The molecule has 2 fully saturated rings. The van der Waals surface area contributed by atoms with Crippen LogP contribution in [0.15, 0.2) is 54.6 Å². The zero-order valence-electron chi connectivity index (χ0n) is 14.6. The summed E-state index contributed by atoms with van der Waals surface area (Å²) in [7, 11) is 0. The molecule has 0 unspecified atom stereocenters. The summed E-state index contributed by atoms with van der Waals surface area (Å²) in [6, 6.07) is 15.0. The topological polar surface area (TPSA) is 88.1 Å². The number of imide groups is 1. The molecular formula is C21H17N2O4+. The van der Waals surface area contributed by atoms with Crippen molar-refractivity contribution < 1.29 is 24.5 Å². The maximum Gasteiger partial charge on any atom is 0.245 e. The summed E-state index contributed by atoms with van der Waals surface area (Å²) in [6.45, 7) is 1.80. The average molecular weight is 361 g/mol. The van der Waals surface area contributed by atoms with Gasteiger partial charge in [0.1, 0.15) is 11.8 Å². The van der Waals surface area contributed by atoms with Crippen molar-refractivity contribution in [2.45, 2.75) is 18.5 Å². The highest BCUT2D eigenvalue weighted by Gasteiger charge is 2.76. The highest BCUT2D eigenvalue weighted by Crippen LogP contribution is 2.45. The zero-order chi connectivity index (χ0) is 18.9. The normalized spacial score (nSPS) is 28.2. The lowest BCUT2D eigenvalue weighted by Crippen LogP contribution is -3.01. The van der Waals surface area contributed by atoms with Gasteiger partial charge in [-0.05, 0) is 19.1 Å². The van der Waals surface area contributed by atoms with Crippen LogP contribution in [-0.4, -0.2) is 35.0 Å². The monoisotopic (exact) mass is 361 g/mol. The maximum atomic E-state index is 13.3. The predicted molar refractivity (Wildman–Crippen MR) is 95.1 cm³/mol. The molecule has 2 aromatic carbocycles. The Hall–Kier alpha value is -3.12. The molecule has 1 aliphatic carbocycles. The Kier molecular flexibility index (Phi) is 3.10. The van der Waals surface area contributed by atoms with E-state index < -0.39 is 23.3 Å². The fourth-order valence-electron chi connectivity index (χ4n) is 5.01. The summed E-state index contributed by atoms with van der Waals surface area (Å²) in [6.07, 6.45) is 0. The number of anilines is 1. The largest absolute Gasteiger partial charge is 0.325 e. The molecule has 2 N–H and O–H groups in total. The Morgan fingerprint density at radius 1 is 0.815 bits per heavy atom. The fraction of sp³-hybridized carbons (Fsp3) is 0.238. The second-order valence-electron chi connectivity index (χ2n) is 7.45. The molecule has 2 aromatic rings. The van der Waals surface area contributed by atoms with Gasteiger partial charge >= 0.3 is 0 Å². The number of fused-ring (bicyclic) bond motifs is 3. The van der Waals surface area contributed by atoms with Gasteiger partial charge in [-0.3, -0.25) is 19.2 Å². The van der Waals surface area contributed by atoms with Crippen molar-refractivity contribution in [2.75, 3.05) is 4.90 Å². The van der Waals surface area contributed by atoms with E-state index in [1.54, 1.807) is 66.8 Å². The quantitative estimate of drug-likeness (QED) is 0.594. The first kappa shape index (κ1) is 16.1. The van der Waals surface area contributed by atoms with E-state index in [0.717, 1.165) is 4.90 Å². The smallest absolute Gasteiger partial charge is 0.245 e. The fourth-order valence-corrected chi connectivity index (χ4v) is 5.01. The molecule has 27 heavy (non-hydrogen) atoms. The summed E-state index contributed by atoms with van der Waals surface area (Å²) >= 11 is 0. The van der Waals surface area contributed by atoms with Crippen molar-refractivity contribution in [1.82, 2.24) is 0 Å². The van der Waals surface area contributed by atoms with Crippen LogP contribution in [0, 0.1) is 11.8 Å². The lowest BCUT2D eigenvalue weighted by molar-refractivity contribution is -0.707. The summed E-state index contributed by atoms with van der Waals surface area (Å²) in [4.78, 5) is 54.1. The number of nitrogens with two attached hydrogens (primary N) is 1. The van der Waals surface area contributed by atoms with Gasteiger partial charge in [-0.1, -0.05) is 42.5 Å². The molecule has 2 saturated heterocycles. The Balaban J connectivity index is 1.67. The number of hydrogen-bond acceptors (Lipinski definition) is 4. The van der Waals surface area contributed by atoms with E-state index in [1.807, 2.05) is 0 Å². The van der Waals surface area contributed by atoms with E-state index in [9.17, 15) is 19.2 Å². The number of ketones is 2. The van der Waals surface area contributed by atoms with Crippen LogP contribution in [0.1, 0.15) is 27.6 Å². The molecule has 5 rings (SSSR count). The number of carbonyl (C=O) groups excluding carboxylic acids is 4. The average Bonchev–Trinajstić information content (AvgIpc) is 3.22. The standard InChI is InChI=1S/C21H16N2O4/c1-11-15-16(20(27)23(19(15)26)12-7-3-2-4-8-12)21(22-11)17(24)13-9-5-6-10-14(13)18(21)25/h2-11,15-16,22H,1H3/p+1/t11-,15+,16+/m1/s1. The highest BCUT2D eigenvalue weighted by atomic mass is 16.2. The predicted octanol–water partition coefficient (Wildman–Crippen LogP) is 0.576. The minimum Gasteiger partial charge on any atom is -0.325 e. The second-order valence-corrected chi connectivity index (χ2v) is 7.45. The van der Waals surface area contributed by atoms with Gasteiger partial charge in [-0.25, -0.2) is 4.90 Å². The molecule has 6 nitrogen and oxygen atoms in total.